The molecule has 0 fully saturated rings. The Hall–Kier alpha value is -3.66. The molecule has 0 aliphatic carbocycles. The van der Waals surface area contributed by atoms with Gasteiger partial charge in [-0.15, -0.1) is 6.58 Å². The van der Waals surface area contributed by atoms with Crippen LogP contribution in [0.15, 0.2) is 90.5 Å². The SMILES string of the molecule is C=CCc1cc(O)ccc1C(C)Cc1ccc(/C=C/C2=NCCO2)cc1.Cc1ccc(F)cc1. The molecule has 0 aromatic heterocycles. The summed E-state index contributed by atoms with van der Waals surface area (Å²) in [7, 11) is 0. The number of hydrogen-bond acceptors (Lipinski definition) is 3. The highest BCUT2D eigenvalue weighted by atomic mass is 19.1. The standard InChI is InChI=1S/C23H25NO2.C7H7F/c1-3-4-20-16-21(25)10-11-22(20)17(2)15-19-7-5-18(6-8-19)9-12-23-24-13-14-26-23;1-6-2-4-7(8)5-3-6/h3,5-12,16-17,25H,1,4,13-15H2,2H3;2-5H,1H3/b12-9+;. The Morgan fingerprint density at radius 2 is 1.79 bits per heavy atom. The molecule has 1 aliphatic heterocycles. The molecule has 0 saturated carbocycles. The van der Waals surface area contributed by atoms with Crippen LogP contribution in [0.5, 0.6) is 5.75 Å². The number of phenols is 1. The topological polar surface area (TPSA) is 41.8 Å². The van der Waals surface area contributed by atoms with Crippen molar-refractivity contribution in [3.8, 4) is 5.75 Å². The van der Waals surface area contributed by atoms with Crippen molar-refractivity contribution in [2.24, 2.45) is 4.99 Å². The number of aliphatic imine (C=N–C) groups is 1. The number of phenolic OH excluding ortho intramolecular Hbond substituents is 1. The van der Waals surface area contributed by atoms with E-state index in [-0.39, 0.29) is 5.82 Å². The maximum absolute atomic E-state index is 12.1. The minimum absolute atomic E-state index is 0.171. The lowest BCUT2D eigenvalue weighted by Gasteiger charge is -2.16. The van der Waals surface area contributed by atoms with E-state index in [2.05, 4.69) is 42.8 Å². The Morgan fingerprint density at radius 1 is 1.06 bits per heavy atom. The molecule has 3 aromatic carbocycles. The van der Waals surface area contributed by atoms with Gasteiger partial charge in [-0.05, 0) is 78.3 Å². The third kappa shape index (κ3) is 7.73. The largest absolute Gasteiger partial charge is 0.508 e. The van der Waals surface area contributed by atoms with Gasteiger partial charge in [0.25, 0.3) is 0 Å². The maximum atomic E-state index is 12.1. The lowest BCUT2D eigenvalue weighted by Crippen LogP contribution is -2.02. The predicted octanol–water partition coefficient (Wildman–Crippen LogP) is 7.04. The average Bonchev–Trinajstić information content (AvgIpc) is 3.35. The summed E-state index contributed by atoms with van der Waals surface area (Å²) in [5.41, 5.74) is 5.93. The molecule has 1 unspecified atom stereocenters. The van der Waals surface area contributed by atoms with E-state index in [1.54, 1.807) is 18.2 Å². The summed E-state index contributed by atoms with van der Waals surface area (Å²) in [6, 6.07) is 20.6. The Labute approximate surface area is 202 Å². The number of ether oxygens (including phenoxy) is 1. The van der Waals surface area contributed by atoms with Gasteiger partial charge in [-0.1, -0.05) is 61.0 Å². The summed E-state index contributed by atoms with van der Waals surface area (Å²) in [5, 5.41) is 9.74. The number of rotatable bonds is 7. The normalized spacial score (nSPS) is 13.6. The van der Waals surface area contributed by atoms with E-state index in [1.165, 1.54) is 23.3 Å². The minimum atomic E-state index is -0.171. The zero-order valence-electron chi connectivity index (χ0n) is 19.9. The molecule has 0 spiro atoms. The first-order chi connectivity index (χ1) is 16.4. The van der Waals surface area contributed by atoms with E-state index in [0.29, 0.717) is 24.2 Å². The summed E-state index contributed by atoms with van der Waals surface area (Å²) in [5.74, 6) is 1.22. The highest BCUT2D eigenvalue weighted by Crippen LogP contribution is 2.27. The summed E-state index contributed by atoms with van der Waals surface area (Å²) >= 11 is 0. The van der Waals surface area contributed by atoms with Gasteiger partial charge in [0.2, 0.25) is 5.90 Å². The Morgan fingerprint density at radius 3 is 2.41 bits per heavy atom. The van der Waals surface area contributed by atoms with Crippen molar-refractivity contribution in [3.05, 3.63) is 119 Å². The van der Waals surface area contributed by atoms with E-state index in [4.69, 9.17) is 4.74 Å². The zero-order valence-corrected chi connectivity index (χ0v) is 19.9. The van der Waals surface area contributed by atoms with E-state index < -0.39 is 0 Å². The first kappa shape index (κ1) is 25.0. The first-order valence-electron chi connectivity index (χ1n) is 11.5. The molecule has 3 nitrogen and oxygen atoms in total. The fourth-order valence-corrected chi connectivity index (χ4v) is 3.79. The summed E-state index contributed by atoms with van der Waals surface area (Å²) in [6.45, 7) is 9.41. The molecule has 1 aliphatic rings. The molecule has 1 heterocycles. The van der Waals surface area contributed by atoms with Gasteiger partial charge in [0, 0.05) is 6.08 Å². The number of aromatic hydroxyl groups is 1. The molecule has 176 valence electrons. The van der Waals surface area contributed by atoms with Crippen molar-refractivity contribution >= 4 is 12.0 Å². The summed E-state index contributed by atoms with van der Waals surface area (Å²) < 4.78 is 17.5. The third-order valence-electron chi connectivity index (χ3n) is 5.58. The van der Waals surface area contributed by atoms with Crippen LogP contribution in [0.1, 0.15) is 40.7 Å². The van der Waals surface area contributed by atoms with Crippen LogP contribution in [0, 0.1) is 12.7 Å². The molecule has 4 heteroatoms. The van der Waals surface area contributed by atoms with Crippen LogP contribution in [0.4, 0.5) is 4.39 Å². The van der Waals surface area contributed by atoms with Crippen LogP contribution >= 0.6 is 0 Å². The number of hydrogen-bond donors (Lipinski definition) is 1. The Balaban J connectivity index is 0.000000343. The van der Waals surface area contributed by atoms with E-state index in [1.807, 2.05) is 37.3 Å². The smallest absolute Gasteiger partial charge is 0.208 e. The number of aryl methyl sites for hydroxylation is 1. The number of benzene rings is 3. The zero-order chi connectivity index (χ0) is 24.3. The maximum Gasteiger partial charge on any atom is 0.208 e. The van der Waals surface area contributed by atoms with E-state index in [9.17, 15) is 9.50 Å². The van der Waals surface area contributed by atoms with E-state index in [0.717, 1.165) is 36.1 Å². The fourth-order valence-electron chi connectivity index (χ4n) is 3.79. The van der Waals surface area contributed by atoms with Gasteiger partial charge in [-0.3, -0.25) is 0 Å². The van der Waals surface area contributed by atoms with Crippen LogP contribution in [0.2, 0.25) is 0 Å². The second-order valence-electron chi connectivity index (χ2n) is 8.42. The van der Waals surface area contributed by atoms with Crippen molar-refractivity contribution in [1.29, 1.82) is 0 Å². The molecule has 34 heavy (non-hydrogen) atoms. The quantitative estimate of drug-likeness (QED) is 0.387. The Bertz CT molecular complexity index is 1110. The van der Waals surface area contributed by atoms with E-state index >= 15 is 0 Å². The average molecular weight is 458 g/mol. The number of halogens is 1. The highest BCUT2D eigenvalue weighted by molar-refractivity contribution is 5.92. The van der Waals surface area contributed by atoms with Crippen molar-refractivity contribution in [2.45, 2.75) is 32.6 Å². The molecule has 0 amide bonds. The lowest BCUT2D eigenvalue weighted by atomic mass is 9.89. The molecule has 1 N–H and O–H groups in total. The van der Waals surface area contributed by atoms with Crippen LogP contribution in [-0.2, 0) is 17.6 Å². The first-order valence-corrected chi connectivity index (χ1v) is 11.5. The number of allylic oxidation sites excluding steroid dienone is 1. The van der Waals surface area contributed by atoms with Crippen LogP contribution in [0.3, 0.4) is 0 Å². The van der Waals surface area contributed by atoms with Crippen molar-refractivity contribution in [1.82, 2.24) is 0 Å². The van der Waals surface area contributed by atoms with Gasteiger partial charge >= 0.3 is 0 Å². The second kappa shape index (κ2) is 12.5. The van der Waals surface area contributed by atoms with Gasteiger partial charge in [-0.2, -0.15) is 0 Å². The van der Waals surface area contributed by atoms with Crippen molar-refractivity contribution in [2.75, 3.05) is 13.2 Å². The third-order valence-corrected chi connectivity index (χ3v) is 5.58. The predicted molar refractivity (Wildman–Crippen MR) is 139 cm³/mol. The van der Waals surface area contributed by atoms with Crippen LogP contribution < -0.4 is 0 Å². The van der Waals surface area contributed by atoms with Gasteiger partial charge < -0.3 is 9.84 Å². The molecule has 0 radical (unpaired) electrons. The summed E-state index contributed by atoms with van der Waals surface area (Å²) in [4.78, 5) is 4.25. The molecule has 1 atom stereocenters. The molecular weight excluding hydrogens is 425 g/mol. The lowest BCUT2D eigenvalue weighted by molar-refractivity contribution is 0.350. The minimum Gasteiger partial charge on any atom is -0.508 e. The fraction of sp³-hybridized carbons (Fsp3) is 0.233. The molecule has 4 rings (SSSR count). The van der Waals surface area contributed by atoms with Gasteiger partial charge in [0.05, 0.1) is 6.54 Å². The molecule has 0 bridgehead atoms. The van der Waals surface area contributed by atoms with Crippen molar-refractivity contribution in [3.63, 3.8) is 0 Å². The summed E-state index contributed by atoms with van der Waals surface area (Å²) in [6.07, 6.45) is 7.55. The van der Waals surface area contributed by atoms with Crippen LogP contribution in [-0.4, -0.2) is 24.2 Å². The second-order valence-corrected chi connectivity index (χ2v) is 8.42. The van der Waals surface area contributed by atoms with Gasteiger partial charge in [-0.25, -0.2) is 9.38 Å². The highest BCUT2D eigenvalue weighted by Gasteiger charge is 2.12. The number of nitrogens with zero attached hydrogens (tertiary/aromatic N) is 1. The van der Waals surface area contributed by atoms with Crippen LogP contribution in [0.25, 0.3) is 6.08 Å². The van der Waals surface area contributed by atoms with Gasteiger partial charge in [0.15, 0.2) is 0 Å². The monoisotopic (exact) mass is 457 g/mol. The molecule has 3 aromatic rings. The Kier molecular flexibility index (Phi) is 9.21. The van der Waals surface area contributed by atoms with Crippen molar-refractivity contribution < 1.29 is 14.2 Å². The van der Waals surface area contributed by atoms with Gasteiger partial charge in [0.1, 0.15) is 18.2 Å². The molecule has 0 saturated heterocycles. The molecular formula is C30H32FNO2.